The minimum Gasteiger partial charge on any atom is -0.496 e. The van der Waals surface area contributed by atoms with E-state index in [1.165, 1.54) is 4.31 Å². The van der Waals surface area contributed by atoms with Gasteiger partial charge in [0.2, 0.25) is 15.9 Å². The number of anilines is 1. The lowest BCUT2D eigenvalue weighted by Gasteiger charge is -2.30. The van der Waals surface area contributed by atoms with E-state index in [0.717, 1.165) is 22.9 Å². The molecule has 0 saturated carbocycles. The van der Waals surface area contributed by atoms with Crippen LogP contribution in [0, 0.1) is 13.8 Å². The number of nitrogens with one attached hydrogen (secondary N) is 1. The van der Waals surface area contributed by atoms with E-state index in [0.29, 0.717) is 11.4 Å². The molecular weight excluding hydrogens is 376 g/mol. The molecule has 1 amide bonds. The molecule has 2 unspecified atom stereocenters. The Morgan fingerprint density at radius 2 is 1.75 bits per heavy atom. The predicted molar refractivity (Wildman–Crippen MR) is 112 cm³/mol. The highest BCUT2D eigenvalue weighted by molar-refractivity contribution is 7.92. The molecule has 0 aliphatic heterocycles. The van der Waals surface area contributed by atoms with Crippen molar-refractivity contribution < 1.29 is 17.9 Å². The van der Waals surface area contributed by atoms with Crippen LogP contribution in [0.25, 0.3) is 0 Å². The van der Waals surface area contributed by atoms with Crippen LogP contribution in [0.3, 0.4) is 0 Å². The number of carbonyl (C=O) groups excluding carboxylic acids is 1. The van der Waals surface area contributed by atoms with Gasteiger partial charge >= 0.3 is 0 Å². The molecule has 2 aromatic rings. The fourth-order valence-corrected chi connectivity index (χ4v) is 4.40. The average Bonchev–Trinajstić information content (AvgIpc) is 2.63. The number of sulfonamides is 1. The van der Waals surface area contributed by atoms with Crippen LogP contribution in [0.5, 0.6) is 5.75 Å². The summed E-state index contributed by atoms with van der Waals surface area (Å²) in [6.07, 6.45) is 1.11. The van der Waals surface area contributed by atoms with Crippen molar-refractivity contribution in [2.24, 2.45) is 0 Å². The quantitative estimate of drug-likeness (QED) is 0.768. The van der Waals surface area contributed by atoms with E-state index in [-0.39, 0.29) is 11.9 Å². The van der Waals surface area contributed by atoms with Gasteiger partial charge in [0.15, 0.2) is 0 Å². The molecule has 1 N–H and O–H groups in total. The number of carbonyl (C=O) groups is 1. The molecule has 0 fully saturated rings. The molecule has 0 saturated heterocycles. The summed E-state index contributed by atoms with van der Waals surface area (Å²) in [5.41, 5.74) is 3.04. The highest BCUT2D eigenvalue weighted by Gasteiger charge is 2.31. The van der Waals surface area contributed by atoms with Crippen LogP contribution in [-0.4, -0.2) is 33.7 Å². The highest BCUT2D eigenvalue weighted by Crippen LogP contribution is 2.28. The van der Waals surface area contributed by atoms with E-state index < -0.39 is 16.1 Å². The second-order valence-corrected chi connectivity index (χ2v) is 8.86. The Morgan fingerprint density at radius 3 is 2.36 bits per heavy atom. The highest BCUT2D eigenvalue weighted by atomic mass is 32.2. The number of amides is 1. The molecular formula is C21H28N2O4S. The minimum atomic E-state index is -3.67. The average molecular weight is 405 g/mol. The zero-order valence-electron chi connectivity index (χ0n) is 17.2. The third-order valence-electron chi connectivity index (χ3n) is 4.65. The van der Waals surface area contributed by atoms with E-state index >= 15 is 0 Å². The Bertz CT molecular complexity index is 957. The molecule has 152 valence electrons. The van der Waals surface area contributed by atoms with E-state index in [1.54, 1.807) is 20.1 Å². The Kier molecular flexibility index (Phi) is 6.72. The fourth-order valence-electron chi connectivity index (χ4n) is 3.17. The number of para-hydroxylation sites is 1. The van der Waals surface area contributed by atoms with Gasteiger partial charge in [-0.25, -0.2) is 8.42 Å². The van der Waals surface area contributed by atoms with Gasteiger partial charge in [-0.2, -0.15) is 0 Å². The van der Waals surface area contributed by atoms with Gasteiger partial charge in [0.1, 0.15) is 11.8 Å². The number of benzene rings is 2. The zero-order valence-corrected chi connectivity index (χ0v) is 18.0. The van der Waals surface area contributed by atoms with Crippen LogP contribution >= 0.6 is 0 Å². The van der Waals surface area contributed by atoms with Crippen LogP contribution in [0.4, 0.5) is 5.69 Å². The zero-order chi connectivity index (χ0) is 21.1. The first-order valence-electron chi connectivity index (χ1n) is 9.06. The smallest absolute Gasteiger partial charge is 0.244 e. The van der Waals surface area contributed by atoms with Crippen LogP contribution in [0.2, 0.25) is 0 Å². The Morgan fingerprint density at radius 1 is 1.11 bits per heavy atom. The summed E-state index contributed by atoms with van der Waals surface area (Å²) in [4.78, 5) is 12.9. The normalized spacial score (nSPS) is 13.5. The Hall–Kier alpha value is -2.54. The molecule has 6 nitrogen and oxygen atoms in total. The third-order valence-corrected chi connectivity index (χ3v) is 5.88. The maximum Gasteiger partial charge on any atom is 0.244 e. The first-order valence-corrected chi connectivity index (χ1v) is 10.9. The predicted octanol–water partition coefficient (Wildman–Crippen LogP) is 3.34. The van der Waals surface area contributed by atoms with Crippen molar-refractivity contribution in [2.45, 2.75) is 39.8 Å². The molecule has 0 aliphatic carbocycles. The van der Waals surface area contributed by atoms with E-state index in [9.17, 15) is 13.2 Å². The van der Waals surface area contributed by atoms with E-state index in [1.807, 2.05) is 57.2 Å². The molecule has 0 bridgehead atoms. The summed E-state index contributed by atoms with van der Waals surface area (Å²) < 4.78 is 31.6. The SMILES string of the molecule is COc1ccccc1C(C)NC(=O)C(C)N(c1cc(C)ccc1C)S(C)(=O)=O. The largest absolute Gasteiger partial charge is 0.496 e. The molecule has 0 heterocycles. The van der Waals surface area contributed by atoms with Crippen molar-refractivity contribution in [1.29, 1.82) is 0 Å². The van der Waals surface area contributed by atoms with Crippen molar-refractivity contribution in [2.75, 3.05) is 17.7 Å². The first kappa shape index (κ1) is 21.8. The summed E-state index contributed by atoms with van der Waals surface area (Å²) in [7, 11) is -2.10. The molecule has 0 radical (unpaired) electrons. The maximum atomic E-state index is 12.9. The lowest BCUT2D eigenvalue weighted by molar-refractivity contribution is -0.122. The third kappa shape index (κ3) is 4.84. The molecule has 0 aromatic heterocycles. The molecule has 0 aliphatic rings. The number of ether oxygens (including phenoxy) is 1. The maximum absolute atomic E-state index is 12.9. The van der Waals surface area contributed by atoms with Gasteiger partial charge in [0.25, 0.3) is 0 Å². The topological polar surface area (TPSA) is 75.7 Å². The van der Waals surface area contributed by atoms with Gasteiger partial charge in [-0.1, -0.05) is 30.3 Å². The van der Waals surface area contributed by atoms with Gasteiger partial charge in [0.05, 0.1) is 25.1 Å². The second-order valence-electron chi connectivity index (χ2n) is 7.00. The van der Waals surface area contributed by atoms with Crippen LogP contribution < -0.4 is 14.4 Å². The molecule has 2 atom stereocenters. The summed E-state index contributed by atoms with van der Waals surface area (Å²) in [5.74, 6) is 0.280. The number of nitrogens with zero attached hydrogens (tertiary/aromatic N) is 1. The number of aryl methyl sites for hydroxylation is 2. The standard InChI is InChI=1S/C21H28N2O4S/c1-14-11-12-15(2)19(13-14)23(28(6,25)26)17(4)21(24)22-16(3)18-9-7-8-10-20(18)27-5/h7-13,16-17H,1-6H3,(H,22,24). The van der Waals surface area contributed by atoms with Gasteiger partial charge < -0.3 is 10.1 Å². The number of hydrogen-bond acceptors (Lipinski definition) is 4. The Balaban J connectivity index is 2.33. The van der Waals surface area contributed by atoms with Gasteiger partial charge in [-0.05, 0) is 51.0 Å². The van der Waals surface area contributed by atoms with Crippen LogP contribution in [0.1, 0.15) is 36.6 Å². The van der Waals surface area contributed by atoms with E-state index in [4.69, 9.17) is 4.74 Å². The second kappa shape index (κ2) is 8.65. The van der Waals surface area contributed by atoms with E-state index in [2.05, 4.69) is 5.32 Å². The van der Waals surface area contributed by atoms with Gasteiger partial charge in [-0.3, -0.25) is 9.10 Å². The van der Waals surface area contributed by atoms with Gasteiger partial charge in [-0.15, -0.1) is 0 Å². The number of methoxy groups -OCH3 is 1. The summed E-state index contributed by atoms with van der Waals surface area (Å²) >= 11 is 0. The minimum absolute atomic E-state index is 0.342. The summed E-state index contributed by atoms with van der Waals surface area (Å²) in [5, 5.41) is 2.90. The number of rotatable bonds is 7. The van der Waals surface area contributed by atoms with Crippen molar-refractivity contribution >= 4 is 21.6 Å². The van der Waals surface area contributed by atoms with Crippen molar-refractivity contribution in [3.8, 4) is 5.75 Å². The summed E-state index contributed by atoms with van der Waals surface area (Å²) in [6.45, 7) is 7.14. The van der Waals surface area contributed by atoms with Crippen LogP contribution in [-0.2, 0) is 14.8 Å². The summed E-state index contributed by atoms with van der Waals surface area (Å²) in [6, 6.07) is 11.7. The molecule has 2 rings (SSSR count). The number of hydrogen-bond donors (Lipinski definition) is 1. The molecule has 7 heteroatoms. The lowest BCUT2D eigenvalue weighted by atomic mass is 10.1. The van der Waals surface area contributed by atoms with Crippen molar-refractivity contribution in [3.05, 3.63) is 59.2 Å². The molecule has 28 heavy (non-hydrogen) atoms. The monoisotopic (exact) mass is 404 g/mol. The lowest BCUT2D eigenvalue weighted by Crippen LogP contribution is -2.48. The van der Waals surface area contributed by atoms with Gasteiger partial charge in [0, 0.05) is 5.56 Å². The Labute approximate surface area is 167 Å². The fraction of sp³-hybridized carbons (Fsp3) is 0.381. The van der Waals surface area contributed by atoms with Crippen LogP contribution in [0.15, 0.2) is 42.5 Å². The molecule has 0 spiro atoms. The van der Waals surface area contributed by atoms with Crippen molar-refractivity contribution in [3.63, 3.8) is 0 Å². The first-order chi connectivity index (χ1) is 13.1. The molecule has 2 aromatic carbocycles. The van der Waals surface area contributed by atoms with Crippen molar-refractivity contribution in [1.82, 2.24) is 5.32 Å².